The van der Waals surface area contributed by atoms with E-state index in [1.807, 2.05) is 43.5 Å². The van der Waals surface area contributed by atoms with E-state index in [0.717, 1.165) is 33.8 Å². The molecule has 0 aliphatic heterocycles. The lowest BCUT2D eigenvalue weighted by molar-refractivity contribution is 0.0939. The molecule has 0 fully saturated rings. The molecule has 1 amide bonds. The van der Waals surface area contributed by atoms with Crippen LogP contribution in [-0.4, -0.2) is 30.6 Å². The van der Waals surface area contributed by atoms with E-state index < -0.39 is 0 Å². The molecular weight excluding hydrogens is 408 g/mol. The van der Waals surface area contributed by atoms with Gasteiger partial charge < -0.3 is 5.32 Å². The highest BCUT2D eigenvalue weighted by Gasteiger charge is 2.21. The Morgan fingerprint density at radius 1 is 1.23 bits per heavy atom. The van der Waals surface area contributed by atoms with Gasteiger partial charge in [-0.3, -0.25) is 9.78 Å². The van der Waals surface area contributed by atoms with Crippen LogP contribution in [0.2, 0.25) is 0 Å². The molecule has 158 valence electrons. The van der Waals surface area contributed by atoms with Crippen LogP contribution >= 0.6 is 11.3 Å². The SMILES string of the molecule is CCCc1c(C(=O)NC(C)c2ccncc2)cnn1-c1ncc(C)c(-c2cccs2)n1. The first kappa shape index (κ1) is 20.9. The van der Waals surface area contributed by atoms with E-state index >= 15 is 0 Å². The summed E-state index contributed by atoms with van der Waals surface area (Å²) in [6, 6.07) is 7.69. The van der Waals surface area contributed by atoms with Crippen LogP contribution in [0.1, 0.15) is 53.5 Å². The number of nitrogens with one attached hydrogen (secondary N) is 1. The average Bonchev–Trinajstić information content (AvgIpc) is 3.45. The van der Waals surface area contributed by atoms with E-state index in [-0.39, 0.29) is 11.9 Å². The maximum Gasteiger partial charge on any atom is 0.255 e. The Kier molecular flexibility index (Phi) is 6.18. The predicted octanol–water partition coefficient (Wildman–Crippen LogP) is 4.54. The molecule has 0 saturated heterocycles. The third-order valence-electron chi connectivity index (χ3n) is 5.06. The van der Waals surface area contributed by atoms with Gasteiger partial charge in [0.1, 0.15) is 0 Å². The molecule has 4 aromatic rings. The minimum atomic E-state index is -0.162. The Bertz CT molecular complexity index is 1170. The van der Waals surface area contributed by atoms with Crippen LogP contribution in [0.3, 0.4) is 0 Å². The maximum atomic E-state index is 13.1. The van der Waals surface area contributed by atoms with Gasteiger partial charge in [-0.15, -0.1) is 11.3 Å². The number of thiophene rings is 1. The van der Waals surface area contributed by atoms with Crippen molar-refractivity contribution in [2.24, 2.45) is 0 Å². The summed E-state index contributed by atoms with van der Waals surface area (Å²) in [5, 5.41) is 9.57. The zero-order valence-corrected chi connectivity index (χ0v) is 18.6. The van der Waals surface area contributed by atoms with Gasteiger partial charge in [0, 0.05) is 18.6 Å². The third-order valence-corrected chi connectivity index (χ3v) is 5.93. The lowest BCUT2D eigenvalue weighted by atomic mass is 10.1. The van der Waals surface area contributed by atoms with E-state index in [4.69, 9.17) is 4.98 Å². The van der Waals surface area contributed by atoms with Crippen LogP contribution in [0, 0.1) is 6.92 Å². The number of aromatic nitrogens is 5. The first-order valence-electron chi connectivity index (χ1n) is 10.2. The predicted molar refractivity (Wildman–Crippen MR) is 121 cm³/mol. The van der Waals surface area contributed by atoms with Crippen molar-refractivity contribution in [3.63, 3.8) is 0 Å². The second-order valence-corrected chi connectivity index (χ2v) is 8.27. The normalized spacial score (nSPS) is 12.0. The fraction of sp³-hybridized carbons (Fsp3) is 0.261. The number of aryl methyl sites for hydroxylation is 1. The van der Waals surface area contributed by atoms with E-state index in [9.17, 15) is 4.79 Å². The zero-order valence-electron chi connectivity index (χ0n) is 17.7. The number of hydrogen-bond donors (Lipinski definition) is 1. The minimum absolute atomic E-state index is 0.144. The largest absolute Gasteiger partial charge is 0.345 e. The van der Waals surface area contributed by atoms with Gasteiger partial charge in [0.15, 0.2) is 0 Å². The van der Waals surface area contributed by atoms with Crippen molar-refractivity contribution in [1.82, 2.24) is 30.0 Å². The molecule has 1 N–H and O–H groups in total. The van der Waals surface area contributed by atoms with Crippen LogP contribution in [0.5, 0.6) is 0 Å². The summed E-state index contributed by atoms with van der Waals surface area (Å²) in [4.78, 5) is 27.4. The van der Waals surface area contributed by atoms with Crippen molar-refractivity contribution < 1.29 is 4.79 Å². The summed E-state index contributed by atoms with van der Waals surface area (Å²) in [5.74, 6) is 0.309. The Hall–Kier alpha value is -3.39. The number of carbonyl (C=O) groups excluding carboxylic acids is 1. The van der Waals surface area contributed by atoms with Crippen LogP contribution in [0.15, 0.2) is 54.4 Å². The minimum Gasteiger partial charge on any atom is -0.345 e. The van der Waals surface area contributed by atoms with E-state index in [1.165, 1.54) is 0 Å². The first-order chi connectivity index (χ1) is 15.1. The fourth-order valence-electron chi connectivity index (χ4n) is 3.42. The van der Waals surface area contributed by atoms with Gasteiger partial charge in [-0.05, 0) is 55.0 Å². The summed E-state index contributed by atoms with van der Waals surface area (Å²) in [5.41, 5.74) is 4.23. The number of carbonyl (C=O) groups is 1. The van der Waals surface area contributed by atoms with Crippen LogP contribution < -0.4 is 5.32 Å². The molecule has 0 aliphatic rings. The van der Waals surface area contributed by atoms with Crippen molar-refractivity contribution >= 4 is 17.2 Å². The standard InChI is InChI=1S/C23H24N6OS/c1-4-6-19-18(22(30)27-16(3)17-8-10-24-11-9-17)14-26-29(19)23-25-13-15(2)21(28-23)20-7-5-12-31-20/h5,7-14,16H,4,6H2,1-3H3,(H,27,30). The smallest absolute Gasteiger partial charge is 0.255 e. The van der Waals surface area contributed by atoms with Crippen molar-refractivity contribution in [2.45, 2.75) is 39.7 Å². The van der Waals surface area contributed by atoms with Gasteiger partial charge in [0.25, 0.3) is 11.9 Å². The number of rotatable bonds is 7. The maximum absolute atomic E-state index is 13.1. The molecule has 0 radical (unpaired) electrons. The lowest BCUT2D eigenvalue weighted by Crippen LogP contribution is -2.27. The molecule has 0 saturated carbocycles. The van der Waals surface area contributed by atoms with E-state index in [0.29, 0.717) is 17.9 Å². The summed E-state index contributed by atoms with van der Waals surface area (Å²) in [7, 11) is 0. The van der Waals surface area contributed by atoms with Crippen LogP contribution in [0.25, 0.3) is 16.5 Å². The van der Waals surface area contributed by atoms with E-state index in [1.54, 1.807) is 40.8 Å². The highest BCUT2D eigenvalue weighted by Crippen LogP contribution is 2.26. The molecule has 0 aromatic carbocycles. The molecule has 1 atom stereocenters. The molecule has 1 unspecified atom stereocenters. The Labute approximate surface area is 185 Å². The molecule has 4 rings (SSSR count). The second-order valence-electron chi connectivity index (χ2n) is 7.32. The van der Waals surface area contributed by atoms with Gasteiger partial charge in [0.05, 0.1) is 34.1 Å². The molecule has 0 bridgehead atoms. The van der Waals surface area contributed by atoms with Gasteiger partial charge in [-0.25, -0.2) is 14.6 Å². The Morgan fingerprint density at radius 2 is 2.03 bits per heavy atom. The van der Waals surface area contributed by atoms with Gasteiger partial charge in [-0.1, -0.05) is 19.4 Å². The topological polar surface area (TPSA) is 85.6 Å². The van der Waals surface area contributed by atoms with Crippen molar-refractivity contribution in [2.75, 3.05) is 0 Å². The highest BCUT2D eigenvalue weighted by atomic mass is 32.1. The van der Waals surface area contributed by atoms with Crippen molar-refractivity contribution in [3.8, 4) is 16.5 Å². The summed E-state index contributed by atoms with van der Waals surface area (Å²) >= 11 is 1.63. The fourth-order valence-corrected chi connectivity index (χ4v) is 4.20. The van der Waals surface area contributed by atoms with Gasteiger partial charge in [-0.2, -0.15) is 5.10 Å². The average molecular weight is 433 g/mol. The molecule has 8 heteroatoms. The van der Waals surface area contributed by atoms with Gasteiger partial charge >= 0.3 is 0 Å². The molecule has 7 nitrogen and oxygen atoms in total. The van der Waals surface area contributed by atoms with Crippen LogP contribution in [-0.2, 0) is 6.42 Å². The van der Waals surface area contributed by atoms with Crippen molar-refractivity contribution in [3.05, 3.63) is 76.8 Å². The lowest BCUT2D eigenvalue weighted by Gasteiger charge is -2.14. The third kappa shape index (κ3) is 4.39. The molecule has 0 aliphatic carbocycles. The molecule has 0 spiro atoms. The zero-order chi connectivity index (χ0) is 21.8. The highest BCUT2D eigenvalue weighted by molar-refractivity contribution is 7.13. The number of hydrogen-bond acceptors (Lipinski definition) is 6. The molecule has 4 aromatic heterocycles. The van der Waals surface area contributed by atoms with E-state index in [2.05, 4.69) is 27.3 Å². The molecule has 31 heavy (non-hydrogen) atoms. The second kappa shape index (κ2) is 9.18. The molecular formula is C23H24N6OS. The van der Waals surface area contributed by atoms with Gasteiger partial charge in [0.2, 0.25) is 0 Å². The number of amides is 1. The summed E-state index contributed by atoms with van der Waals surface area (Å²) in [6.07, 6.45) is 8.41. The monoisotopic (exact) mass is 432 g/mol. The number of pyridine rings is 1. The quantitative estimate of drug-likeness (QED) is 0.463. The summed E-state index contributed by atoms with van der Waals surface area (Å²) in [6.45, 7) is 6.02. The first-order valence-corrected chi connectivity index (χ1v) is 11.1. The molecule has 4 heterocycles. The Balaban J connectivity index is 1.66. The Morgan fingerprint density at radius 3 is 2.74 bits per heavy atom. The number of nitrogens with zero attached hydrogens (tertiary/aromatic N) is 5. The van der Waals surface area contributed by atoms with Crippen LogP contribution in [0.4, 0.5) is 0 Å². The van der Waals surface area contributed by atoms with Crippen molar-refractivity contribution in [1.29, 1.82) is 0 Å². The summed E-state index contributed by atoms with van der Waals surface area (Å²) < 4.78 is 1.69.